The molecule has 0 atom stereocenters. The van der Waals surface area contributed by atoms with Gasteiger partial charge in [0.2, 0.25) is 0 Å². The highest BCUT2D eigenvalue weighted by molar-refractivity contribution is 5.82. The van der Waals surface area contributed by atoms with Crippen molar-refractivity contribution < 1.29 is 9.52 Å². The van der Waals surface area contributed by atoms with Crippen LogP contribution in [0.25, 0.3) is 11.0 Å². The van der Waals surface area contributed by atoms with Crippen molar-refractivity contribution in [3.05, 3.63) is 63.6 Å². The number of hydrogen-bond acceptors (Lipinski definition) is 5. The van der Waals surface area contributed by atoms with Gasteiger partial charge in [0.25, 0.3) is 0 Å². The maximum atomic E-state index is 12.2. The number of nitrogens with zero attached hydrogens (tertiary/aromatic N) is 1. The highest BCUT2D eigenvalue weighted by Gasteiger charge is 2.12. The molecule has 0 amide bonds. The molecule has 3 N–H and O–H groups in total. The monoisotopic (exact) mass is 282 g/mol. The lowest BCUT2D eigenvalue weighted by Crippen LogP contribution is -2.11. The first-order valence-electron chi connectivity index (χ1n) is 6.50. The molecule has 106 valence electrons. The highest BCUT2D eigenvalue weighted by Crippen LogP contribution is 2.24. The van der Waals surface area contributed by atoms with Crippen LogP contribution in [0.4, 0.5) is 5.82 Å². The minimum absolute atomic E-state index is 0.0692. The summed E-state index contributed by atoms with van der Waals surface area (Å²) >= 11 is 0. The van der Waals surface area contributed by atoms with Gasteiger partial charge >= 0.3 is 5.63 Å². The van der Waals surface area contributed by atoms with Gasteiger partial charge in [0.05, 0.1) is 0 Å². The smallest absolute Gasteiger partial charge is 0.340 e. The van der Waals surface area contributed by atoms with Gasteiger partial charge in [-0.25, -0.2) is 9.78 Å². The third kappa shape index (κ3) is 2.45. The van der Waals surface area contributed by atoms with Gasteiger partial charge in [-0.1, -0.05) is 0 Å². The predicted molar refractivity (Wildman–Crippen MR) is 80.3 cm³/mol. The van der Waals surface area contributed by atoms with Gasteiger partial charge < -0.3 is 15.3 Å². The van der Waals surface area contributed by atoms with E-state index in [0.29, 0.717) is 23.4 Å². The Bertz CT molecular complexity index is 884. The molecule has 21 heavy (non-hydrogen) atoms. The normalized spacial score (nSPS) is 10.9. The van der Waals surface area contributed by atoms with Crippen LogP contribution in [-0.4, -0.2) is 10.1 Å². The lowest BCUT2D eigenvalue weighted by molar-refractivity contribution is 0.472. The summed E-state index contributed by atoms with van der Waals surface area (Å²) < 4.78 is 5.29. The number of aromatic nitrogens is 1. The molecule has 0 aliphatic rings. The SMILES string of the molecule is Cc1c(Cc2ccnc(N)c2)c(=O)oc2cc(O)ccc12. The van der Waals surface area contributed by atoms with Crippen molar-refractivity contribution in [2.45, 2.75) is 13.3 Å². The van der Waals surface area contributed by atoms with Gasteiger partial charge in [-0.05, 0) is 42.3 Å². The lowest BCUT2D eigenvalue weighted by Gasteiger charge is -2.08. The quantitative estimate of drug-likeness (QED) is 0.704. The van der Waals surface area contributed by atoms with Crippen LogP contribution in [0.15, 0.2) is 45.7 Å². The fourth-order valence-electron chi connectivity index (χ4n) is 2.40. The van der Waals surface area contributed by atoms with Gasteiger partial charge in [0.1, 0.15) is 17.2 Å². The molecule has 0 unspecified atom stereocenters. The van der Waals surface area contributed by atoms with Crippen molar-refractivity contribution >= 4 is 16.8 Å². The third-order valence-electron chi connectivity index (χ3n) is 3.50. The molecule has 3 aromatic rings. The van der Waals surface area contributed by atoms with Crippen molar-refractivity contribution in [3.63, 3.8) is 0 Å². The first-order chi connectivity index (χ1) is 10.0. The molecule has 0 fully saturated rings. The van der Waals surface area contributed by atoms with Gasteiger partial charge in [-0.3, -0.25) is 0 Å². The van der Waals surface area contributed by atoms with E-state index in [4.69, 9.17) is 10.2 Å². The highest BCUT2D eigenvalue weighted by atomic mass is 16.4. The van der Waals surface area contributed by atoms with Crippen LogP contribution >= 0.6 is 0 Å². The Morgan fingerprint density at radius 2 is 2.10 bits per heavy atom. The maximum Gasteiger partial charge on any atom is 0.340 e. The first kappa shape index (κ1) is 13.2. The van der Waals surface area contributed by atoms with Crippen LogP contribution in [-0.2, 0) is 6.42 Å². The van der Waals surface area contributed by atoms with Crippen molar-refractivity contribution in [1.82, 2.24) is 4.98 Å². The Labute approximate surface area is 120 Å². The second-order valence-electron chi connectivity index (χ2n) is 4.94. The molecule has 0 aliphatic heterocycles. The zero-order valence-electron chi connectivity index (χ0n) is 11.5. The summed E-state index contributed by atoms with van der Waals surface area (Å²) in [6, 6.07) is 8.31. The van der Waals surface area contributed by atoms with Crippen LogP contribution in [0.5, 0.6) is 5.75 Å². The average Bonchev–Trinajstić information content (AvgIpc) is 2.43. The van der Waals surface area contributed by atoms with E-state index >= 15 is 0 Å². The number of hydrogen-bond donors (Lipinski definition) is 2. The molecule has 0 aliphatic carbocycles. The number of aryl methyl sites for hydroxylation is 1. The first-order valence-corrected chi connectivity index (χ1v) is 6.50. The van der Waals surface area contributed by atoms with E-state index in [9.17, 15) is 9.90 Å². The number of rotatable bonds is 2. The van der Waals surface area contributed by atoms with E-state index in [-0.39, 0.29) is 5.75 Å². The Hall–Kier alpha value is -2.82. The number of anilines is 1. The second kappa shape index (κ2) is 4.94. The zero-order chi connectivity index (χ0) is 15.0. The van der Waals surface area contributed by atoms with Gasteiger partial charge in [0.15, 0.2) is 0 Å². The molecule has 0 saturated heterocycles. The topological polar surface area (TPSA) is 89.4 Å². The molecule has 2 heterocycles. The van der Waals surface area contributed by atoms with E-state index in [1.54, 1.807) is 24.4 Å². The number of nitrogens with two attached hydrogens (primary N) is 1. The average molecular weight is 282 g/mol. The number of benzene rings is 1. The predicted octanol–water partition coefficient (Wildman–Crippen LogP) is 2.38. The molecule has 0 radical (unpaired) electrons. The van der Waals surface area contributed by atoms with Crippen LogP contribution in [0.2, 0.25) is 0 Å². The van der Waals surface area contributed by atoms with Gasteiger partial charge in [0, 0.05) is 29.6 Å². The molecule has 5 nitrogen and oxygen atoms in total. The summed E-state index contributed by atoms with van der Waals surface area (Å²) in [5.74, 6) is 0.486. The number of pyridine rings is 1. The summed E-state index contributed by atoms with van der Waals surface area (Å²) in [6.45, 7) is 1.87. The molecule has 2 aromatic heterocycles. The molecule has 0 saturated carbocycles. The van der Waals surface area contributed by atoms with Crippen molar-refractivity contribution in [2.24, 2.45) is 0 Å². The standard InChI is InChI=1S/C16H14N2O3/c1-9-12-3-2-11(19)8-14(12)21-16(20)13(9)6-10-4-5-18-15(17)7-10/h2-5,7-8,19H,6H2,1H3,(H2,17,18). The van der Waals surface area contributed by atoms with E-state index in [2.05, 4.69) is 4.98 Å². The minimum Gasteiger partial charge on any atom is -0.508 e. The van der Waals surface area contributed by atoms with Crippen LogP contribution < -0.4 is 11.4 Å². The van der Waals surface area contributed by atoms with Crippen LogP contribution in [0.3, 0.4) is 0 Å². The fourth-order valence-corrected chi connectivity index (χ4v) is 2.40. The largest absolute Gasteiger partial charge is 0.508 e. The molecule has 1 aromatic carbocycles. The third-order valence-corrected chi connectivity index (χ3v) is 3.50. The Morgan fingerprint density at radius 1 is 1.29 bits per heavy atom. The molecule has 3 rings (SSSR count). The fraction of sp³-hybridized carbons (Fsp3) is 0.125. The Kier molecular flexibility index (Phi) is 3.10. The lowest BCUT2D eigenvalue weighted by atomic mass is 10.00. The molecular weight excluding hydrogens is 268 g/mol. The van der Waals surface area contributed by atoms with Crippen LogP contribution in [0.1, 0.15) is 16.7 Å². The van der Waals surface area contributed by atoms with Crippen molar-refractivity contribution in [2.75, 3.05) is 5.73 Å². The summed E-state index contributed by atoms with van der Waals surface area (Å²) in [4.78, 5) is 16.1. The summed E-state index contributed by atoms with van der Waals surface area (Å²) in [5.41, 5.74) is 7.96. The van der Waals surface area contributed by atoms with E-state index in [0.717, 1.165) is 16.5 Å². The maximum absolute atomic E-state index is 12.2. The van der Waals surface area contributed by atoms with E-state index in [1.165, 1.54) is 6.07 Å². The number of nitrogen functional groups attached to an aromatic ring is 1. The Balaban J connectivity index is 2.15. The van der Waals surface area contributed by atoms with Gasteiger partial charge in [-0.15, -0.1) is 0 Å². The molecule has 0 spiro atoms. The summed E-state index contributed by atoms with van der Waals surface area (Å²) in [5, 5.41) is 10.3. The van der Waals surface area contributed by atoms with Crippen LogP contribution in [0, 0.1) is 6.92 Å². The minimum atomic E-state index is -0.402. The number of aromatic hydroxyl groups is 1. The van der Waals surface area contributed by atoms with E-state index < -0.39 is 5.63 Å². The summed E-state index contributed by atoms with van der Waals surface area (Å²) in [6.07, 6.45) is 2.04. The number of fused-ring (bicyclic) bond motifs is 1. The Morgan fingerprint density at radius 3 is 2.86 bits per heavy atom. The van der Waals surface area contributed by atoms with E-state index in [1.807, 2.05) is 13.0 Å². The van der Waals surface area contributed by atoms with Gasteiger partial charge in [-0.2, -0.15) is 0 Å². The number of phenolic OH excluding ortho intramolecular Hbond substituents is 1. The second-order valence-corrected chi connectivity index (χ2v) is 4.94. The van der Waals surface area contributed by atoms with Crippen molar-refractivity contribution in [1.29, 1.82) is 0 Å². The molecule has 5 heteroatoms. The zero-order valence-corrected chi connectivity index (χ0v) is 11.5. The number of phenols is 1. The summed E-state index contributed by atoms with van der Waals surface area (Å²) in [7, 11) is 0. The molecule has 0 bridgehead atoms. The van der Waals surface area contributed by atoms with Crippen molar-refractivity contribution in [3.8, 4) is 5.75 Å². The molecular formula is C16H14N2O3.